The molecule has 2 aliphatic heterocycles. The predicted molar refractivity (Wildman–Crippen MR) is 149 cm³/mol. The van der Waals surface area contributed by atoms with Gasteiger partial charge in [0.2, 0.25) is 11.8 Å². The van der Waals surface area contributed by atoms with Crippen LogP contribution in [0.1, 0.15) is 48.0 Å². The second-order valence-corrected chi connectivity index (χ2v) is 11.0. The van der Waals surface area contributed by atoms with Crippen LogP contribution in [0, 0.1) is 5.92 Å². The summed E-state index contributed by atoms with van der Waals surface area (Å²) in [5.41, 5.74) is 1.52. The van der Waals surface area contributed by atoms with Gasteiger partial charge in [-0.3, -0.25) is 19.4 Å². The van der Waals surface area contributed by atoms with Gasteiger partial charge in [0.05, 0.1) is 10.0 Å². The lowest BCUT2D eigenvalue weighted by molar-refractivity contribution is -0.192. The monoisotopic (exact) mass is 630 g/mol. The van der Waals surface area contributed by atoms with Crippen molar-refractivity contribution in [3.63, 3.8) is 0 Å². The van der Waals surface area contributed by atoms with E-state index < -0.39 is 12.1 Å². The first-order valence-corrected chi connectivity index (χ1v) is 13.9. The summed E-state index contributed by atoms with van der Waals surface area (Å²) >= 11 is 12.5. The van der Waals surface area contributed by atoms with Gasteiger partial charge in [-0.25, -0.2) is 4.79 Å². The topological polar surface area (TPSA) is 111 Å². The number of likely N-dealkylation sites (N-methyl/N-ethyl adjacent to an activating group) is 1. The summed E-state index contributed by atoms with van der Waals surface area (Å²) in [5, 5.41) is 8.04. The Hall–Kier alpha value is -3.38. The molecule has 2 aliphatic rings. The van der Waals surface area contributed by atoms with Crippen LogP contribution >= 0.6 is 23.2 Å². The molecule has 3 heterocycles. The Bertz CT molecular complexity index is 1290. The van der Waals surface area contributed by atoms with Crippen molar-refractivity contribution in [2.24, 2.45) is 5.92 Å². The smallest absolute Gasteiger partial charge is 0.475 e. The number of halogens is 5. The third kappa shape index (κ3) is 8.34. The standard InChI is InChI=1S/C26H30Cl2N4O3.C2HF3O2/c1-17(33)31-12-7-19(8-13-31)26(35)32-14-9-24(30(2)25(34)18-5-10-29-11-6-18)21(16-32)20-3-4-22(27)23(28)15-20;3-2(4,5)1(6)7/h3-6,10-11,15,19,21,24H,7-9,12-14,16H2,1-2H3;(H,6,7)/t21-,24+;/m0./s1. The van der Waals surface area contributed by atoms with Gasteiger partial charge in [0.25, 0.3) is 5.91 Å². The van der Waals surface area contributed by atoms with Crippen molar-refractivity contribution in [1.29, 1.82) is 0 Å². The van der Waals surface area contributed by atoms with Crippen molar-refractivity contribution < 1.29 is 37.5 Å². The molecule has 2 aromatic rings. The summed E-state index contributed by atoms with van der Waals surface area (Å²) < 4.78 is 31.7. The summed E-state index contributed by atoms with van der Waals surface area (Å²) in [6.45, 7) is 3.85. The molecule has 1 N–H and O–H groups in total. The maximum absolute atomic E-state index is 13.4. The highest BCUT2D eigenvalue weighted by atomic mass is 35.5. The molecule has 0 unspecified atom stereocenters. The van der Waals surface area contributed by atoms with E-state index >= 15 is 0 Å². The number of likely N-dealkylation sites (tertiary alicyclic amines) is 2. The molecule has 14 heteroatoms. The van der Waals surface area contributed by atoms with Crippen LogP contribution in [-0.4, -0.2) is 93.9 Å². The number of hydrogen-bond acceptors (Lipinski definition) is 5. The van der Waals surface area contributed by atoms with Crippen molar-refractivity contribution in [3.8, 4) is 0 Å². The number of pyridine rings is 1. The molecule has 42 heavy (non-hydrogen) atoms. The van der Waals surface area contributed by atoms with E-state index in [2.05, 4.69) is 4.98 Å². The zero-order valence-corrected chi connectivity index (χ0v) is 24.5. The molecule has 1 aromatic heterocycles. The Balaban J connectivity index is 0.000000616. The lowest BCUT2D eigenvalue weighted by Crippen LogP contribution is -2.53. The number of carboxylic acids is 1. The molecule has 9 nitrogen and oxygen atoms in total. The molecule has 1 aromatic carbocycles. The molecule has 0 saturated carbocycles. The van der Waals surface area contributed by atoms with Crippen molar-refractivity contribution in [1.82, 2.24) is 19.7 Å². The van der Waals surface area contributed by atoms with E-state index in [0.29, 0.717) is 61.1 Å². The second kappa shape index (κ2) is 14.2. The molecule has 2 saturated heterocycles. The molecule has 0 radical (unpaired) electrons. The summed E-state index contributed by atoms with van der Waals surface area (Å²) in [6, 6.07) is 8.83. The summed E-state index contributed by atoms with van der Waals surface area (Å²) in [4.78, 5) is 56.7. The van der Waals surface area contributed by atoms with E-state index in [-0.39, 0.29) is 35.6 Å². The van der Waals surface area contributed by atoms with Crippen LogP contribution in [0.2, 0.25) is 10.0 Å². The first-order chi connectivity index (χ1) is 19.7. The largest absolute Gasteiger partial charge is 0.490 e. The summed E-state index contributed by atoms with van der Waals surface area (Å²) in [5.74, 6) is -2.87. The second-order valence-electron chi connectivity index (χ2n) is 10.2. The van der Waals surface area contributed by atoms with Crippen LogP contribution in [0.3, 0.4) is 0 Å². The van der Waals surface area contributed by atoms with E-state index in [1.807, 2.05) is 24.1 Å². The maximum atomic E-state index is 13.4. The fraction of sp³-hybridized carbons (Fsp3) is 0.464. The minimum atomic E-state index is -5.08. The Kier molecular flexibility index (Phi) is 11.2. The van der Waals surface area contributed by atoms with Crippen molar-refractivity contribution >= 4 is 46.9 Å². The third-order valence-electron chi connectivity index (χ3n) is 7.54. The lowest BCUT2D eigenvalue weighted by atomic mass is 9.83. The number of hydrogen-bond donors (Lipinski definition) is 1. The molecule has 0 aliphatic carbocycles. The van der Waals surface area contributed by atoms with Gasteiger partial charge in [0.1, 0.15) is 0 Å². The van der Waals surface area contributed by atoms with Crippen LogP contribution in [-0.2, 0) is 14.4 Å². The highest BCUT2D eigenvalue weighted by Gasteiger charge is 2.39. The van der Waals surface area contributed by atoms with Gasteiger partial charge in [-0.15, -0.1) is 0 Å². The third-order valence-corrected chi connectivity index (χ3v) is 8.28. The molecule has 3 amide bonds. The normalized spacial score (nSPS) is 19.4. The highest BCUT2D eigenvalue weighted by Crippen LogP contribution is 2.35. The van der Waals surface area contributed by atoms with Gasteiger partial charge in [-0.1, -0.05) is 29.3 Å². The number of alkyl halides is 3. The lowest BCUT2D eigenvalue weighted by Gasteiger charge is -2.44. The quantitative estimate of drug-likeness (QED) is 0.523. The highest BCUT2D eigenvalue weighted by molar-refractivity contribution is 6.42. The van der Waals surface area contributed by atoms with E-state index in [0.717, 1.165) is 5.56 Å². The van der Waals surface area contributed by atoms with Crippen molar-refractivity contribution in [2.45, 2.75) is 44.3 Å². The molecular formula is C28H31Cl2F3N4O5. The number of nitrogens with zero attached hydrogens (tertiary/aromatic N) is 4. The van der Waals surface area contributed by atoms with Gasteiger partial charge < -0.3 is 19.8 Å². The molecule has 4 rings (SSSR count). The summed E-state index contributed by atoms with van der Waals surface area (Å²) in [6.07, 6.45) is 0.134. The number of amides is 3. The zero-order valence-electron chi connectivity index (χ0n) is 23.0. The average molecular weight is 631 g/mol. The molecular weight excluding hydrogens is 600 g/mol. The Morgan fingerprint density at radius 2 is 1.52 bits per heavy atom. The average Bonchev–Trinajstić information content (AvgIpc) is 2.97. The number of carboxylic acid groups (broad SMARTS) is 1. The molecule has 2 atom stereocenters. The first kappa shape index (κ1) is 33.1. The van der Waals surface area contributed by atoms with Crippen LogP contribution in [0.4, 0.5) is 13.2 Å². The van der Waals surface area contributed by atoms with Crippen molar-refractivity contribution in [2.75, 3.05) is 33.2 Å². The SMILES string of the molecule is CC(=O)N1CCC(C(=O)N2CC[C@@H](N(C)C(=O)c3ccncc3)[C@H](c3ccc(Cl)c(Cl)c3)C2)CC1.O=C(O)C(F)(F)F. The van der Waals surface area contributed by atoms with E-state index in [1.165, 1.54) is 0 Å². The minimum Gasteiger partial charge on any atom is -0.475 e. The minimum absolute atomic E-state index is 0.0540. The number of benzene rings is 1. The Morgan fingerprint density at radius 3 is 2.05 bits per heavy atom. The summed E-state index contributed by atoms with van der Waals surface area (Å²) in [7, 11) is 1.81. The van der Waals surface area contributed by atoms with Gasteiger partial charge in [-0.2, -0.15) is 13.2 Å². The fourth-order valence-electron chi connectivity index (χ4n) is 5.22. The van der Waals surface area contributed by atoms with Crippen LogP contribution in [0.15, 0.2) is 42.7 Å². The molecule has 228 valence electrons. The van der Waals surface area contributed by atoms with E-state index in [9.17, 15) is 27.6 Å². The molecule has 2 fully saturated rings. The number of aromatic nitrogens is 1. The number of rotatable bonds is 4. The molecule has 0 bridgehead atoms. The van der Waals surface area contributed by atoms with Gasteiger partial charge >= 0.3 is 12.1 Å². The van der Waals surface area contributed by atoms with Crippen molar-refractivity contribution in [3.05, 3.63) is 63.9 Å². The first-order valence-electron chi connectivity index (χ1n) is 13.2. The van der Waals surface area contributed by atoms with Crippen LogP contribution < -0.4 is 0 Å². The Labute approximate surface area is 251 Å². The van der Waals surface area contributed by atoms with Gasteiger partial charge in [0, 0.05) is 76.0 Å². The van der Waals surface area contributed by atoms with Gasteiger partial charge in [0.15, 0.2) is 0 Å². The zero-order chi connectivity index (χ0) is 31.2. The van der Waals surface area contributed by atoms with Gasteiger partial charge in [-0.05, 0) is 49.1 Å². The Morgan fingerprint density at radius 1 is 0.952 bits per heavy atom. The van der Waals surface area contributed by atoms with E-state index in [1.54, 1.807) is 47.3 Å². The van der Waals surface area contributed by atoms with Crippen LogP contribution in [0.5, 0.6) is 0 Å². The maximum Gasteiger partial charge on any atom is 0.490 e. The van der Waals surface area contributed by atoms with E-state index in [4.69, 9.17) is 33.1 Å². The van der Waals surface area contributed by atoms with Crippen LogP contribution in [0.25, 0.3) is 0 Å². The number of piperidine rings is 2. The predicted octanol–water partition coefficient (Wildman–Crippen LogP) is 4.74. The number of carbonyl (C=O) groups excluding carboxylic acids is 3. The fourth-order valence-corrected chi connectivity index (χ4v) is 5.53. The number of aliphatic carboxylic acids is 1. The molecule has 0 spiro atoms. The number of carbonyl (C=O) groups is 4.